The van der Waals surface area contributed by atoms with Crippen molar-refractivity contribution in [3.63, 3.8) is 0 Å². The average molecular weight is 386 g/mol. The van der Waals surface area contributed by atoms with Gasteiger partial charge in [0.1, 0.15) is 11.4 Å². The molecule has 0 aromatic carbocycles. The van der Waals surface area contributed by atoms with Gasteiger partial charge in [-0.15, -0.1) is 0 Å². The number of hydrogen-bond donors (Lipinski definition) is 0. The molecule has 0 spiro atoms. The second-order valence-electron chi connectivity index (χ2n) is 9.26. The Balaban J connectivity index is 1.56. The van der Waals surface area contributed by atoms with E-state index in [1.165, 1.54) is 18.5 Å². The van der Waals surface area contributed by atoms with Gasteiger partial charge in [-0.25, -0.2) is 9.78 Å². The molecule has 3 heterocycles. The van der Waals surface area contributed by atoms with E-state index in [9.17, 15) is 4.79 Å². The van der Waals surface area contributed by atoms with Gasteiger partial charge in [0, 0.05) is 49.9 Å². The molecule has 2 fully saturated rings. The summed E-state index contributed by atoms with van der Waals surface area (Å²) in [6.07, 6.45) is 2.22. The SMILES string of the molecule is CC(C)c1cc2nc(C3CC3)cc(N3CCN(C(=O)OC(C)(C)C)CC3)n2n1. The fourth-order valence-corrected chi connectivity index (χ4v) is 3.54. The zero-order valence-electron chi connectivity index (χ0n) is 17.6. The molecule has 2 aliphatic rings. The molecule has 0 N–H and O–H groups in total. The Labute approximate surface area is 166 Å². The van der Waals surface area contributed by atoms with Gasteiger partial charge in [-0.2, -0.15) is 9.61 Å². The van der Waals surface area contributed by atoms with Gasteiger partial charge in [-0.3, -0.25) is 0 Å². The molecule has 2 aromatic heterocycles. The fourth-order valence-electron chi connectivity index (χ4n) is 3.54. The van der Waals surface area contributed by atoms with E-state index in [0.29, 0.717) is 24.9 Å². The van der Waals surface area contributed by atoms with E-state index in [2.05, 4.69) is 30.9 Å². The first-order valence-electron chi connectivity index (χ1n) is 10.3. The summed E-state index contributed by atoms with van der Waals surface area (Å²) in [5, 5.41) is 4.82. The van der Waals surface area contributed by atoms with E-state index in [0.717, 1.165) is 30.2 Å². The summed E-state index contributed by atoms with van der Waals surface area (Å²) in [6.45, 7) is 12.8. The van der Waals surface area contributed by atoms with Crippen LogP contribution in [0.2, 0.25) is 0 Å². The van der Waals surface area contributed by atoms with Gasteiger partial charge in [0.05, 0.1) is 5.69 Å². The first-order chi connectivity index (χ1) is 13.2. The van der Waals surface area contributed by atoms with E-state index >= 15 is 0 Å². The quantitative estimate of drug-likeness (QED) is 0.804. The van der Waals surface area contributed by atoms with Crippen LogP contribution in [0.25, 0.3) is 5.65 Å². The summed E-state index contributed by atoms with van der Waals surface area (Å²) in [5.74, 6) is 2.04. The standard InChI is InChI=1S/C21H31N5O2/c1-14(2)16-12-18-22-17(15-6-7-15)13-19(26(18)23-16)24-8-10-25(11-9-24)20(27)28-21(3,4)5/h12-15H,6-11H2,1-5H3. The predicted octanol–water partition coefficient (Wildman–Crippen LogP) is 3.79. The first kappa shape index (κ1) is 19.0. The molecule has 7 heteroatoms. The number of carbonyl (C=O) groups is 1. The minimum absolute atomic E-state index is 0.230. The summed E-state index contributed by atoms with van der Waals surface area (Å²) in [4.78, 5) is 21.3. The monoisotopic (exact) mass is 385 g/mol. The molecule has 1 saturated carbocycles. The van der Waals surface area contributed by atoms with E-state index in [1.807, 2.05) is 25.3 Å². The Morgan fingerprint density at radius 1 is 1.14 bits per heavy atom. The van der Waals surface area contributed by atoms with Crippen molar-refractivity contribution in [2.24, 2.45) is 0 Å². The highest BCUT2D eigenvalue weighted by Crippen LogP contribution is 2.40. The molecule has 7 nitrogen and oxygen atoms in total. The highest BCUT2D eigenvalue weighted by molar-refractivity contribution is 5.68. The molecule has 1 saturated heterocycles. The third-order valence-electron chi connectivity index (χ3n) is 5.29. The summed E-state index contributed by atoms with van der Waals surface area (Å²) >= 11 is 0. The fraction of sp³-hybridized carbons (Fsp3) is 0.667. The van der Waals surface area contributed by atoms with Gasteiger partial charge in [0.15, 0.2) is 5.65 Å². The van der Waals surface area contributed by atoms with Gasteiger partial charge in [-0.1, -0.05) is 13.8 Å². The average Bonchev–Trinajstić information content (AvgIpc) is 3.38. The van der Waals surface area contributed by atoms with Crippen molar-refractivity contribution in [3.05, 3.63) is 23.5 Å². The van der Waals surface area contributed by atoms with E-state index in [4.69, 9.17) is 14.8 Å². The molecule has 2 aromatic rings. The van der Waals surface area contributed by atoms with Crippen LogP contribution in [0.3, 0.4) is 0 Å². The first-order valence-corrected chi connectivity index (χ1v) is 10.3. The minimum Gasteiger partial charge on any atom is -0.444 e. The van der Waals surface area contributed by atoms with Crippen LogP contribution in [0.4, 0.5) is 10.6 Å². The number of piperazine rings is 1. The van der Waals surface area contributed by atoms with Crippen LogP contribution in [0, 0.1) is 0 Å². The van der Waals surface area contributed by atoms with Crippen LogP contribution < -0.4 is 4.90 Å². The number of rotatable bonds is 3. The van der Waals surface area contributed by atoms with Crippen molar-refractivity contribution >= 4 is 17.6 Å². The number of amides is 1. The highest BCUT2D eigenvalue weighted by atomic mass is 16.6. The van der Waals surface area contributed by atoms with Gasteiger partial charge in [-0.05, 0) is 39.5 Å². The zero-order chi connectivity index (χ0) is 20.1. The Kier molecular flexibility index (Phi) is 4.71. The van der Waals surface area contributed by atoms with Crippen molar-refractivity contribution in [1.82, 2.24) is 19.5 Å². The van der Waals surface area contributed by atoms with Gasteiger partial charge in [0.2, 0.25) is 0 Å². The lowest BCUT2D eigenvalue weighted by molar-refractivity contribution is 0.0240. The third kappa shape index (κ3) is 3.93. The maximum Gasteiger partial charge on any atom is 0.410 e. The van der Waals surface area contributed by atoms with Crippen LogP contribution >= 0.6 is 0 Å². The number of anilines is 1. The number of nitrogens with zero attached hydrogens (tertiary/aromatic N) is 5. The van der Waals surface area contributed by atoms with Gasteiger partial charge < -0.3 is 14.5 Å². The molecule has 0 unspecified atom stereocenters. The van der Waals surface area contributed by atoms with Crippen molar-refractivity contribution < 1.29 is 9.53 Å². The molecule has 28 heavy (non-hydrogen) atoms. The topological polar surface area (TPSA) is 63.0 Å². The molecule has 0 bridgehead atoms. The molecular formula is C21H31N5O2. The van der Waals surface area contributed by atoms with Crippen LogP contribution in [0.1, 0.15) is 70.7 Å². The Morgan fingerprint density at radius 3 is 2.39 bits per heavy atom. The van der Waals surface area contributed by atoms with Gasteiger partial charge >= 0.3 is 6.09 Å². The Hall–Kier alpha value is -2.31. The van der Waals surface area contributed by atoms with Crippen LogP contribution in [0.15, 0.2) is 12.1 Å². The zero-order valence-corrected chi connectivity index (χ0v) is 17.6. The number of ether oxygens (including phenoxy) is 1. The van der Waals surface area contributed by atoms with Crippen LogP contribution in [0.5, 0.6) is 0 Å². The summed E-state index contributed by atoms with van der Waals surface area (Å²) in [7, 11) is 0. The summed E-state index contributed by atoms with van der Waals surface area (Å²) in [6, 6.07) is 4.31. The van der Waals surface area contributed by atoms with Gasteiger partial charge in [0.25, 0.3) is 0 Å². The Bertz CT molecular complexity index is 871. The summed E-state index contributed by atoms with van der Waals surface area (Å²) in [5.41, 5.74) is 2.70. The lowest BCUT2D eigenvalue weighted by Gasteiger charge is -2.36. The lowest BCUT2D eigenvalue weighted by Crippen LogP contribution is -2.50. The molecule has 1 aliphatic carbocycles. The molecule has 0 atom stereocenters. The second-order valence-corrected chi connectivity index (χ2v) is 9.26. The highest BCUT2D eigenvalue weighted by Gasteiger charge is 2.30. The maximum absolute atomic E-state index is 12.4. The summed E-state index contributed by atoms with van der Waals surface area (Å²) < 4.78 is 7.49. The van der Waals surface area contributed by atoms with E-state index < -0.39 is 5.60 Å². The molecular weight excluding hydrogens is 354 g/mol. The van der Waals surface area contributed by atoms with Crippen LogP contribution in [-0.4, -0.2) is 57.4 Å². The van der Waals surface area contributed by atoms with Crippen molar-refractivity contribution in [3.8, 4) is 0 Å². The number of hydrogen-bond acceptors (Lipinski definition) is 5. The second kappa shape index (κ2) is 6.94. The molecule has 152 valence electrons. The number of aromatic nitrogens is 3. The smallest absolute Gasteiger partial charge is 0.410 e. The minimum atomic E-state index is -0.465. The molecule has 0 radical (unpaired) electrons. The molecule has 1 aliphatic heterocycles. The van der Waals surface area contributed by atoms with Crippen molar-refractivity contribution in [2.75, 3.05) is 31.1 Å². The number of carbonyl (C=O) groups excluding carboxylic acids is 1. The third-order valence-corrected chi connectivity index (χ3v) is 5.29. The molecule has 4 rings (SSSR count). The Morgan fingerprint density at radius 2 is 1.82 bits per heavy atom. The van der Waals surface area contributed by atoms with Crippen molar-refractivity contribution in [1.29, 1.82) is 0 Å². The maximum atomic E-state index is 12.4. The van der Waals surface area contributed by atoms with E-state index in [-0.39, 0.29) is 6.09 Å². The normalized spacial score (nSPS) is 18.2. The van der Waals surface area contributed by atoms with Crippen molar-refractivity contribution in [2.45, 2.75) is 64.9 Å². The molecule has 1 amide bonds. The largest absolute Gasteiger partial charge is 0.444 e. The number of fused-ring (bicyclic) bond motifs is 1. The lowest BCUT2D eigenvalue weighted by atomic mass is 10.1. The predicted molar refractivity (Wildman–Crippen MR) is 109 cm³/mol. The van der Waals surface area contributed by atoms with Crippen LogP contribution in [-0.2, 0) is 4.74 Å². The van der Waals surface area contributed by atoms with E-state index in [1.54, 1.807) is 4.90 Å².